The van der Waals surface area contributed by atoms with E-state index in [2.05, 4.69) is 5.32 Å². The Morgan fingerprint density at radius 2 is 2.26 bits per heavy atom. The summed E-state index contributed by atoms with van der Waals surface area (Å²) in [4.78, 5) is 25.7. The van der Waals surface area contributed by atoms with Crippen LogP contribution in [0.15, 0.2) is 29.5 Å². The number of nitrogens with one attached hydrogen (secondary N) is 1. The van der Waals surface area contributed by atoms with Crippen molar-refractivity contribution in [2.75, 3.05) is 32.1 Å². The first kappa shape index (κ1) is 16.5. The Bertz CT molecular complexity index is 719. The third-order valence-electron chi connectivity index (χ3n) is 3.58. The number of aryl methyl sites for hydroxylation is 1. The second-order valence-corrected chi connectivity index (χ2v) is 5.06. The van der Waals surface area contributed by atoms with Gasteiger partial charge >= 0.3 is 5.97 Å². The van der Waals surface area contributed by atoms with Crippen molar-refractivity contribution in [3.8, 4) is 6.07 Å². The third kappa shape index (κ3) is 3.33. The van der Waals surface area contributed by atoms with E-state index >= 15 is 0 Å². The number of methoxy groups -OCH3 is 1. The number of esters is 1. The Labute approximate surface area is 133 Å². The van der Waals surface area contributed by atoms with Crippen LogP contribution < -0.4 is 5.32 Å². The first-order chi connectivity index (χ1) is 11.0. The fourth-order valence-electron chi connectivity index (χ4n) is 2.31. The Morgan fingerprint density at radius 3 is 2.87 bits per heavy atom. The smallest absolute Gasteiger partial charge is 0.337 e. The fourth-order valence-corrected chi connectivity index (χ4v) is 2.31. The van der Waals surface area contributed by atoms with Gasteiger partial charge in [0, 0.05) is 12.2 Å². The highest BCUT2D eigenvalue weighted by Crippen LogP contribution is 2.25. The van der Waals surface area contributed by atoms with Gasteiger partial charge in [-0.25, -0.2) is 4.79 Å². The topological polar surface area (TPSA) is 103 Å². The van der Waals surface area contributed by atoms with E-state index in [0.717, 1.165) is 5.56 Å². The molecule has 1 aliphatic rings. The number of hydrogen-bond acceptors (Lipinski definition) is 6. The molecule has 0 atom stereocenters. The summed E-state index contributed by atoms with van der Waals surface area (Å²) in [6.45, 7) is 1.83. The number of nitriles is 1. The molecule has 1 heterocycles. The predicted molar refractivity (Wildman–Crippen MR) is 82.2 cm³/mol. The molecule has 0 radical (unpaired) electrons. The third-order valence-corrected chi connectivity index (χ3v) is 3.58. The monoisotopic (exact) mass is 315 g/mol. The normalized spacial score (nSPS) is 14.0. The molecule has 1 aliphatic heterocycles. The van der Waals surface area contributed by atoms with Crippen LogP contribution in [-0.4, -0.2) is 48.7 Å². The highest BCUT2D eigenvalue weighted by molar-refractivity contribution is 6.08. The summed E-state index contributed by atoms with van der Waals surface area (Å²) in [5.74, 6) is -0.989. The molecule has 1 aromatic rings. The molecule has 2 N–H and O–H groups in total. The first-order valence-corrected chi connectivity index (χ1v) is 7.01. The largest absolute Gasteiger partial charge is 0.466 e. The van der Waals surface area contributed by atoms with Crippen LogP contribution in [0.2, 0.25) is 0 Å². The second kappa shape index (κ2) is 6.94. The average Bonchev–Trinajstić information content (AvgIpc) is 2.86. The number of aliphatic hydroxyl groups excluding tert-OH is 1. The molecule has 0 spiro atoms. The molecule has 0 fully saturated rings. The molecule has 1 amide bonds. The van der Waals surface area contributed by atoms with E-state index in [9.17, 15) is 9.59 Å². The molecule has 0 saturated heterocycles. The molecule has 7 heteroatoms. The zero-order valence-corrected chi connectivity index (χ0v) is 12.9. The van der Waals surface area contributed by atoms with Gasteiger partial charge in [0.05, 0.1) is 37.5 Å². The van der Waals surface area contributed by atoms with Crippen LogP contribution in [0.5, 0.6) is 0 Å². The van der Waals surface area contributed by atoms with E-state index in [1.54, 1.807) is 18.2 Å². The molecule has 2 rings (SSSR count). The van der Waals surface area contributed by atoms with Crippen molar-refractivity contribution in [3.63, 3.8) is 0 Å². The lowest BCUT2D eigenvalue weighted by Gasteiger charge is -2.15. The van der Waals surface area contributed by atoms with Crippen LogP contribution in [0.1, 0.15) is 11.1 Å². The second-order valence-electron chi connectivity index (χ2n) is 5.06. The summed E-state index contributed by atoms with van der Waals surface area (Å²) in [6.07, 6.45) is 0. The van der Waals surface area contributed by atoms with Gasteiger partial charge in [-0.15, -0.1) is 0 Å². The molecule has 1 aromatic carbocycles. The number of carbonyl (C=O) groups is 2. The highest BCUT2D eigenvalue weighted by atomic mass is 16.5. The van der Waals surface area contributed by atoms with Gasteiger partial charge in [-0.2, -0.15) is 5.26 Å². The number of anilines is 1. The van der Waals surface area contributed by atoms with Crippen LogP contribution >= 0.6 is 0 Å². The summed E-state index contributed by atoms with van der Waals surface area (Å²) < 4.78 is 4.72. The lowest BCUT2D eigenvalue weighted by molar-refractivity contribution is -0.136. The van der Waals surface area contributed by atoms with E-state index in [-0.39, 0.29) is 36.9 Å². The van der Waals surface area contributed by atoms with E-state index in [1.807, 2.05) is 13.0 Å². The van der Waals surface area contributed by atoms with Crippen molar-refractivity contribution in [1.29, 1.82) is 5.26 Å². The quantitative estimate of drug-likeness (QED) is 0.769. The maximum absolute atomic E-state index is 12.4. The van der Waals surface area contributed by atoms with E-state index in [0.29, 0.717) is 11.3 Å². The van der Waals surface area contributed by atoms with Crippen molar-refractivity contribution in [2.24, 2.45) is 0 Å². The Morgan fingerprint density at radius 1 is 1.52 bits per heavy atom. The van der Waals surface area contributed by atoms with Crippen LogP contribution in [0.3, 0.4) is 0 Å². The SMILES string of the molecule is COC(=O)C1=C(Nc2cc(C#N)ccc2C)C(=O)N(CCO)C1. The minimum absolute atomic E-state index is 0.0748. The first-order valence-electron chi connectivity index (χ1n) is 7.01. The molecule has 0 aromatic heterocycles. The minimum Gasteiger partial charge on any atom is -0.466 e. The van der Waals surface area contributed by atoms with Crippen molar-refractivity contribution < 1.29 is 19.4 Å². The summed E-state index contributed by atoms with van der Waals surface area (Å²) in [7, 11) is 1.24. The zero-order valence-electron chi connectivity index (χ0n) is 12.9. The summed E-state index contributed by atoms with van der Waals surface area (Å²) in [6, 6.07) is 7.06. The molecule has 23 heavy (non-hydrogen) atoms. The number of carbonyl (C=O) groups excluding carboxylic acids is 2. The van der Waals surface area contributed by atoms with Gasteiger partial charge in [0.15, 0.2) is 0 Å². The number of ether oxygens (including phenoxy) is 1. The maximum Gasteiger partial charge on any atom is 0.337 e. The van der Waals surface area contributed by atoms with Crippen LogP contribution in [0.4, 0.5) is 5.69 Å². The Balaban J connectivity index is 2.39. The fraction of sp³-hybridized carbons (Fsp3) is 0.312. The van der Waals surface area contributed by atoms with Gasteiger partial charge in [0.2, 0.25) is 0 Å². The van der Waals surface area contributed by atoms with E-state index < -0.39 is 5.97 Å². The van der Waals surface area contributed by atoms with Gasteiger partial charge in [-0.1, -0.05) is 6.07 Å². The lowest BCUT2D eigenvalue weighted by Crippen LogP contribution is -2.31. The van der Waals surface area contributed by atoms with Crippen molar-refractivity contribution in [3.05, 3.63) is 40.6 Å². The van der Waals surface area contributed by atoms with Crippen LogP contribution in [0.25, 0.3) is 0 Å². The highest BCUT2D eigenvalue weighted by Gasteiger charge is 2.34. The van der Waals surface area contributed by atoms with Crippen molar-refractivity contribution in [2.45, 2.75) is 6.92 Å². The lowest BCUT2D eigenvalue weighted by atomic mass is 10.1. The van der Waals surface area contributed by atoms with Crippen LogP contribution in [-0.2, 0) is 14.3 Å². The van der Waals surface area contributed by atoms with Gasteiger partial charge in [-0.05, 0) is 24.6 Å². The molecule has 7 nitrogen and oxygen atoms in total. The summed E-state index contributed by atoms with van der Waals surface area (Å²) >= 11 is 0. The van der Waals surface area contributed by atoms with Gasteiger partial charge < -0.3 is 20.1 Å². The predicted octanol–water partition coefficient (Wildman–Crippen LogP) is 0.540. The molecule has 0 unspecified atom stereocenters. The summed E-state index contributed by atoms with van der Waals surface area (Å²) in [5, 5.41) is 21.0. The molecule has 0 bridgehead atoms. The maximum atomic E-state index is 12.4. The van der Waals surface area contributed by atoms with Gasteiger partial charge in [-0.3, -0.25) is 4.79 Å². The number of nitrogens with zero attached hydrogens (tertiary/aromatic N) is 2. The average molecular weight is 315 g/mol. The molecule has 0 aliphatic carbocycles. The number of amides is 1. The van der Waals surface area contributed by atoms with E-state index in [1.165, 1.54) is 12.0 Å². The Hall–Kier alpha value is -2.85. The Kier molecular flexibility index (Phi) is 4.98. The zero-order chi connectivity index (χ0) is 17.0. The van der Waals surface area contributed by atoms with Crippen LogP contribution in [0, 0.1) is 18.3 Å². The van der Waals surface area contributed by atoms with Crippen molar-refractivity contribution >= 4 is 17.6 Å². The number of benzene rings is 1. The number of aliphatic hydroxyl groups is 1. The van der Waals surface area contributed by atoms with E-state index in [4.69, 9.17) is 15.1 Å². The van der Waals surface area contributed by atoms with Crippen molar-refractivity contribution in [1.82, 2.24) is 4.90 Å². The standard InChI is InChI=1S/C16H17N3O4/c1-10-3-4-11(8-17)7-13(10)18-14-12(16(22)23-2)9-19(5-6-20)15(14)21/h3-4,7,18,20H,5-6,9H2,1-2H3. The number of rotatable bonds is 5. The summed E-state index contributed by atoms with van der Waals surface area (Å²) in [5.41, 5.74) is 2.15. The molecular formula is C16H17N3O4. The number of β-amino-alcohol motifs (C(OH)–C–C–N with tert-alkyl or cyclic N) is 1. The van der Waals surface area contributed by atoms with Gasteiger partial charge in [0.25, 0.3) is 5.91 Å². The van der Waals surface area contributed by atoms with Gasteiger partial charge in [0.1, 0.15) is 5.70 Å². The molecular weight excluding hydrogens is 298 g/mol. The molecule has 0 saturated carbocycles. The minimum atomic E-state index is -0.601. The molecule has 120 valence electrons. The number of hydrogen-bond donors (Lipinski definition) is 2.